The maximum atomic E-state index is 14.3. The van der Waals surface area contributed by atoms with E-state index in [-0.39, 0.29) is 5.75 Å². The molecule has 6 nitrogen and oxygen atoms in total. The lowest BCUT2D eigenvalue weighted by molar-refractivity contribution is 0.397. The van der Waals surface area contributed by atoms with Gasteiger partial charge in [0.15, 0.2) is 5.65 Å². The highest BCUT2D eigenvalue weighted by Gasteiger charge is 2.16. The second-order valence-electron chi connectivity index (χ2n) is 6.82. The first-order valence-electron chi connectivity index (χ1n) is 9.37. The molecular weight excluding hydrogens is 390 g/mol. The first-order valence-corrected chi connectivity index (χ1v) is 9.37. The quantitative estimate of drug-likeness (QED) is 0.477. The first kappa shape index (κ1) is 19.8. The lowest BCUT2D eigenvalue weighted by Crippen LogP contribution is -2.04. The van der Waals surface area contributed by atoms with Crippen molar-refractivity contribution in [1.82, 2.24) is 19.6 Å². The lowest BCUT2D eigenvalue weighted by Gasteiger charge is -2.13. The molecule has 0 unspecified atom stereocenters. The largest absolute Gasteiger partial charge is 0.496 e. The van der Waals surface area contributed by atoms with Gasteiger partial charge in [-0.1, -0.05) is 0 Å². The van der Waals surface area contributed by atoms with Crippen molar-refractivity contribution >= 4 is 5.65 Å². The van der Waals surface area contributed by atoms with Gasteiger partial charge in [0.05, 0.1) is 14.2 Å². The van der Waals surface area contributed by atoms with Gasteiger partial charge < -0.3 is 9.47 Å². The van der Waals surface area contributed by atoms with Gasteiger partial charge in [-0.2, -0.15) is 0 Å². The number of hydrogen-bond donors (Lipinski definition) is 0. The molecule has 0 fully saturated rings. The van der Waals surface area contributed by atoms with Crippen LogP contribution >= 0.6 is 0 Å². The van der Waals surface area contributed by atoms with Crippen molar-refractivity contribution in [2.24, 2.45) is 0 Å². The van der Waals surface area contributed by atoms with Crippen LogP contribution < -0.4 is 9.47 Å². The smallest absolute Gasteiger partial charge is 0.213 e. The second-order valence-corrected chi connectivity index (χ2v) is 6.82. The number of rotatable bonds is 6. The summed E-state index contributed by atoms with van der Waals surface area (Å²) in [5.74, 6) is -0.546. The summed E-state index contributed by atoms with van der Waals surface area (Å²) in [4.78, 5) is 4.43. The molecule has 0 spiro atoms. The summed E-state index contributed by atoms with van der Waals surface area (Å²) in [6.45, 7) is 1.90. The zero-order valence-corrected chi connectivity index (χ0v) is 16.8. The Balaban J connectivity index is 1.69. The normalized spacial score (nSPS) is 11.1. The summed E-state index contributed by atoms with van der Waals surface area (Å²) >= 11 is 0. The fourth-order valence-electron chi connectivity index (χ4n) is 3.57. The first-order chi connectivity index (χ1) is 14.5. The minimum absolute atomic E-state index is 0.198. The molecule has 0 bridgehead atoms. The molecule has 3 aromatic heterocycles. The van der Waals surface area contributed by atoms with E-state index in [0.717, 1.165) is 28.6 Å². The van der Waals surface area contributed by atoms with Crippen LogP contribution in [0.5, 0.6) is 11.6 Å². The summed E-state index contributed by atoms with van der Waals surface area (Å²) in [6.07, 6.45) is 2.46. The zero-order valence-electron chi connectivity index (χ0n) is 16.8. The minimum atomic E-state index is -0.665. The molecular formula is C22H20F2N4O2. The van der Waals surface area contributed by atoms with E-state index in [1.165, 1.54) is 13.2 Å². The van der Waals surface area contributed by atoms with Crippen molar-refractivity contribution in [2.45, 2.75) is 19.8 Å². The van der Waals surface area contributed by atoms with Gasteiger partial charge in [-0.25, -0.2) is 13.8 Å². The third-order valence-electron chi connectivity index (χ3n) is 5.07. The van der Waals surface area contributed by atoms with E-state index in [1.807, 2.05) is 29.5 Å². The van der Waals surface area contributed by atoms with E-state index < -0.39 is 11.6 Å². The van der Waals surface area contributed by atoms with E-state index >= 15 is 0 Å². The fourth-order valence-corrected chi connectivity index (χ4v) is 3.57. The molecule has 0 aliphatic carbocycles. The van der Waals surface area contributed by atoms with Gasteiger partial charge in [-0.05, 0) is 38.0 Å². The van der Waals surface area contributed by atoms with Crippen molar-refractivity contribution in [2.75, 3.05) is 14.2 Å². The van der Waals surface area contributed by atoms with Crippen molar-refractivity contribution < 1.29 is 18.3 Å². The van der Waals surface area contributed by atoms with Crippen molar-refractivity contribution in [3.05, 3.63) is 71.3 Å². The molecule has 4 aromatic rings. The Kier molecular flexibility index (Phi) is 5.31. The Labute approximate surface area is 172 Å². The summed E-state index contributed by atoms with van der Waals surface area (Å²) < 4.78 is 39.9. The van der Waals surface area contributed by atoms with Crippen LogP contribution in [-0.2, 0) is 12.8 Å². The number of aromatic nitrogens is 4. The number of aryl methyl sites for hydroxylation is 2. The second kappa shape index (κ2) is 8.06. The van der Waals surface area contributed by atoms with E-state index in [0.29, 0.717) is 29.9 Å². The Bertz CT molecular complexity index is 1220. The molecule has 0 amide bonds. The molecule has 8 heteroatoms. The number of ether oxygens (including phenoxy) is 2. The van der Waals surface area contributed by atoms with Crippen LogP contribution in [0.3, 0.4) is 0 Å². The molecule has 0 saturated carbocycles. The maximum Gasteiger partial charge on any atom is 0.213 e. The van der Waals surface area contributed by atoms with Crippen LogP contribution in [0.1, 0.15) is 17.0 Å². The van der Waals surface area contributed by atoms with Gasteiger partial charge >= 0.3 is 0 Å². The van der Waals surface area contributed by atoms with Crippen LogP contribution in [0.4, 0.5) is 8.78 Å². The van der Waals surface area contributed by atoms with Crippen LogP contribution in [0.2, 0.25) is 0 Å². The number of halogens is 2. The molecule has 0 saturated heterocycles. The molecule has 0 radical (unpaired) electrons. The Morgan fingerprint density at radius 2 is 1.77 bits per heavy atom. The van der Waals surface area contributed by atoms with Crippen molar-refractivity contribution in [3.63, 3.8) is 0 Å². The Hall–Kier alpha value is -3.55. The van der Waals surface area contributed by atoms with Crippen molar-refractivity contribution in [1.29, 1.82) is 0 Å². The van der Waals surface area contributed by atoms with Gasteiger partial charge in [0, 0.05) is 46.3 Å². The molecule has 0 N–H and O–H groups in total. The lowest BCUT2D eigenvalue weighted by atomic mass is 10.0. The van der Waals surface area contributed by atoms with Gasteiger partial charge in [0.25, 0.3) is 0 Å². The topological polar surface area (TPSA) is 61.5 Å². The molecule has 0 aliphatic heterocycles. The highest BCUT2D eigenvalue weighted by atomic mass is 19.1. The SMILES string of the molecule is COc1ccc(-c2ccc(CCc3c(F)cc(F)cc3OC)n3cnnc23)c(C)n1. The molecule has 0 atom stereocenters. The van der Waals surface area contributed by atoms with Gasteiger partial charge in [-0.15, -0.1) is 10.2 Å². The maximum absolute atomic E-state index is 14.3. The predicted octanol–water partition coefficient (Wildman–Crippen LogP) is 4.18. The van der Waals surface area contributed by atoms with Crippen LogP contribution in [0.15, 0.2) is 42.7 Å². The Morgan fingerprint density at radius 3 is 2.50 bits per heavy atom. The molecule has 1 aromatic carbocycles. The average Bonchev–Trinajstić information content (AvgIpc) is 3.23. The zero-order chi connectivity index (χ0) is 21.3. The molecule has 154 valence electrons. The number of methoxy groups -OCH3 is 2. The number of hydrogen-bond acceptors (Lipinski definition) is 5. The summed E-state index contributed by atoms with van der Waals surface area (Å²) in [5.41, 5.74) is 4.52. The summed E-state index contributed by atoms with van der Waals surface area (Å²) in [7, 11) is 2.97. The molecule has 30 heavy (non-hydrogen) atoms. The highest BCUT2D eigenvalue weighted by Crippen LogP contribution is 2.29. The third-order valence-corrected chi connectivity index (χ3v) is 5.07. The number of pyridine rings is 2. The van der Waals surface area contributed by atoms with E-state index in [9.17, 15) is 8.78 Å². The van der Waals surface area contributed by atoms with Crippen LogP contribution in [0, 0.1) is 18.6 Å². The molecule has 3 heterocycles. The fraction of sp³-hybridized carbons (Fsp3) is 0.227. The van der Waals surface area contributed by atoms with E-state index in [2.05, 4.69) is 15.2 Å². The van der Waals surface area contributed by atoms with Gasteiger partial charge in [0.1, 0.15) is 23.7 Å². The molecule has 0 aliphatic rings. The van der Waals surface area contributed by atoms with Gasteiger partial charge in [0.2, 0.25) is 5.88 Å². The number of fused-ring (bicyclic) bond motifs is 1. The Morgan fingerprint density at radius 1 is 0.967 bits per heavy atom. The van der Waals surface area contributed by atoms with E-state index in [1.54, 1.807) is 19.5 Å². The monoisotopic (exact) mass is 410 g/mol. The summed E-state index contributed by atoms with van der Waals surface area (Å²) in [5, 5.41) is 8.31. The highest BCUT2D eigenvalue weighted by molar-refractivity contribution is 5.79. The third kappa shape index (κ3) is 3.56. The van der Waals surface area contributed by atoms with Crippen molar-refractivity contribution in [3.8, 4) is 22.8 Å². The predicted molar refractivity (Wildman–Crippen MR) is 108 cm³/mol. The molecule has 4 rings (SSSR count). The standard InChI is InChI=1S/C22H20F2N4O2/c1-13-16(8-9-21(26-13)30-3)17-6-4-15(28-12-25-27-22(17)28)5-7-18-19(24)10-14(23)11-20(18)29-2/h4,6,8-12H,5,7H2,1-3H3. The minimum Gasteiger partial charge on any atom is -0.496 e. The van der Waals surface area contributed by atoms with Crippen LogP contribution in [0.25, 0.3) is 16.8 Å². The van der Waals surface area contributed by atoms with Crippen LogP contribution in [-0.4, -0.2) is 33.8 Å². The van der Waals surface area contributed by atoms with Gasteiger partial charge in [-0.3, -0.25) is 4.40 Å². The average molecular weight is 410 g/mol. The summed E-state index contributed by atoms with van der Waals surface area (Å²) in [6, 6.07) is 9.69. The number of nitrogens with zero attached hydrogens (tertiary/aromatic N) is 4. The number of benzene rings is 1. The van der Waals surface area contributed by atoms with E-state index in [4.69, 9.17) is 9.47 Å².